The van der Waals surface area contributed by atoms with Crippen LogP contribution >= 0.6 is 11.8 Å². The Kier molecular flexibility index (Phi) is 5.65. The number of nitro groups is 1. The van der Waals surface area contributed by atoms with Crippen molar-refractivity contribution in [3.05, 3.63) is 80.8 Å². The number of imide groups is 1. The van der Waals surface area contributed by atoms with Gasteiger partial charge in [-0.25, -0.2) is 4.79 Å². The number of rotatable bonds is 6. The zero-order valence-corrected chi connectivity index (χ0v) is 17.3. The van der Waals surface area contributed by atoms with Crippen LogP contribution in [0.5, 0.6) is 0 Å². The second kappa shape index (κ2) is 8.55. The summed E-state index contributed by atoms with van der Waals surface area (Å²) in [6, 6.07) is 12.1. The van der Waals surface area contributed by atoms with E-state index in [1.54, 1.807) is 30.3 Å². The maximum Gasteiger partial charge on any atom is 0.373 e. The molecule has 1 aromatic carbocycles. The van der Waals surface area contributed by atoms with Gasteiger partial charge in [-0.1, -0.05) is 12.1 Å². The number of amides is 2. The second-order valence-corrected chi connectivity index (χ2v) is 7.49. The molecule has 10 nitrogen and oxygen atoms in total. The van der Waals surface area contributed by atoms with Crippen LogP contribution in [0, 0.1) is 10.1 Å². The van der Waals surface area contributed by atoms with E-state index in [0.29, 0.717) is 5.56 Å². The van der Waals surface area contributed by atoms with E-state index in [1.807, 2.05) is 0 Å². The second-order valence-electron chi connectivity index (χ2n) is 6.50. The minimum absolute atomic E-state index is 0.0388. The van der Waals surface area contributed by atoms with E-state index in [0.717, 1.165) is 16.7 Å². The predicted octanol–water partition coefficient (Wildman–Crippen LogP) is 4.47. The highest BCUT2D eigenvalue weighted by molar-refractivity contribution is 8.18. The number of ether oxygens (including phenoxy) is 1. The molecular weight excluding hydrogens is 440 g/mol. The van der Waals surface area contributed by atoms with Crippen molar-refractivity contribution in [3.8, 4) is 11.3 Å². The van der Waals surface area contributed by atoms with Gasteiger partial charge < -0.3 is 13.6 Å². The number of carbonyl (C=O) groups excluding carboxylic acids is 3. The van der Waals surface area contributed by atoms with Gasteiger partial charge in [0.15, 0.2) is 0 Å². The topological polar surface area (TPSA) is 133 Å². The molecule has 4 rings (SSSR count). The van der Waals surface area contributed by atoms with E-state index in [1.165, 1.54) is 31.4 Å². The standard InChI is InChI=1S/C21H14N2O8S/c1-29-20(25)17-9-7-13(31-17)11-22-19(24)18(32-21(22)26)10-12-6-8-16(30-12)14-4-2-3-5-15(14)23(27)28/h2-10H,11H2,1H3/b18-10-. The lowest BCUT2D eigenvalue weighted by Crippen LogP contribution is -2.27. The molecule has 0 aliphatic carbocycles. The molecular formula is C21H14N2O8S. The Morgan fingerprint density at radius 3 is 2.69 bits per heavy atom. The molecule has 162 valence electrons. The van der Waals surface area contributed by atoms with Gasteiger partial charge in [-0.2, -0.15) is 0 Å². The van der Waals surface area contributed by atoms with E-state index in [9.17, 15) is 24.5 Å². The van der Waals surface area contributed by atoms with Crippen molar-refractivity contribution < 1.29 is 32.9 Å². The molecule has 0 radical (unpaired) electrons. The predicted molar refractivity (Wildman–Crippen MR) is 112 cm³/mol. The first-order valence-corrected chi connectivity index (χ1v) is 9.95. The van der Waals surface area contributed by atoms with Crippen LogP contribution < -0.4 is 0 Å². The van der Waals surface area contributed by atoms with Gasteiger partial charge in [0.2, 0.25) is 5.76 Å². The fourth-order valence-electron chi connectivity index (χ4n) is 3.01. The number of carbonyl (C=O) groups is 3. The Balaban J connectivity index is 1.53. The van der Waals surface area contributed by atoms with Crippen molar-refractivity contribution in [2.45, 2.75) is 6.54 Å². The monoisotopic (exact) mass is 454 g/mol. The molecule has 3 heterocycles. The number of methoxy groups -OCH3 is 1. The molecule has 1 saturated heterocycles. The quantitative estimate of drug-likeness (QED) is 0.229. The maximum absolute atomic E-state index is 12.7. The Bertz CT molecular complexity index is 1270. The maximum atomic E-state index is 12.7. The summed E-state index contributed by atoms with van der Waals surface area (Å²) in [5, 5.41) is 10.7. The zero-order valence-electron chi connectivity index (χ0n) is 16.5. The molecule has 32 heavy (non-hydrogen) atoms. The van der Waals surface area contributed by atoms with Crippen LogP contribution in [0.3, 0.4) is 0 Å². The van der Waals surface area contributed by atoms with Crippen LogP contribution in [-0.2, 0) is 16.1 Å². The molecule has 2 aromatic heterocycles. The van der Waals surface area contributed by atoms with Gasteiger partial charge in [0, 0.05) is 12.1 Å². The van der Waals surface area contributed by atoms with Crippen molar-refractivity contribution >= 4 is 40.6 Å². The molecule has 2 amide bonds. The minimum atomic E-state index is -0.669. The van der Waals surface area contributed by atoms with Gasteiger partial charge in [0.25, 0.3) is 16.8 Å². The Labute approximate surface area is 184 Å². The summed E-state index contributed by atoms with van der Waals surface area (Å²) in [4.78, 5) is 48.3. The number of benzene rings is 1. The number of nitro benzene ring substituents is 1. The third kappa shape index (κ3) is 4.05. The van der Waals surface area contributed by atoms with Crippen LogP contribution in [0.15, 0.2) is 62.3 Å². The first-order chi connectivity index (χ1) is 15.4. The average Bonchev–Trinajstić information content (AvgIpc) is 3.50. The highest BCUT2D eigenvalue weighted by atomic mass is 32.2. The molecule has 11 heteroatoms. The lowest BCUT2D eigenvalue weighted by Gasteiger charge is -2.09. The summed E-state index contributed by atoms with van der Waals surface area (Å²) in [6.45, 7) is -0.154. The molecule has 1 fully saturated rings. The van der Waals surface area contributed by atoms with Gasteiger partial charge in [-0.15, -0.1) is 0 Å². The highest BCUT2D eigenvalue weighted by Gasteiger charge is 2.36. The van der Waals surface area contributed by atoms with E-state index < -0.39 is 22.0 Å². The summed E-state index contributed by atoms with van der Waals surface area (Å²) in [6.07, 6.45) is 1.39. The summed E-state index contributed by atoms with van der Waals surface area (Å²) < 4.78 is 15.5. The number of furan rings is 2. The van der Waals surface area contributed by atoms with E-state index >= 15 is 0 Å². The van der Waals surface area contributed by atoms with Crippen molar-refractivity contribution in [1.82, 2.24) is 4.90 Å². The third-order valence-electron chi connectivity index (χ3n) is 4.50. The molecule has 0 atom stereocenters. The number of hydrogen-bond donors (Lipinski definition) is 0. The molecule has 0 N–H and O–H groups in total. The zero-order chi connectivity index (χ0) is 22.8. The lowest BCUT2D eigenvalue weighted by molar-refractivity contribution is -0.384. The molecule has 0 bridgehead atoms. The van der Waals surface area contributed by atoms with Gasteiger partial charge in [-0.05, 0) is 42.1 Å². The first-order valence-electron chi connectivity index (χ1n) is 9.13. The minimum Gasteiger partial charge on any atom is -0.463 e. The van der Waals surface area contributed by atoms with E-state index in [-0.39, 0.29) is 40.2 Å². The summed E-state index contributed by atoms with van der Waals surface area (Å²) in [5.74, 6) is -0.505. The molecule has 3 aromatic rings. The van der Waals surface area contributed by atoms with Gasteiger partial charge in [0.1, 0.15) is 17.3 Å². The molecule has 0 spiro atoms. The van der Waals surface area contributed by atoms with Crippen molar-refractivity contribution in [3.63, 3.8) is 0 Å². The number of thioether (sulfide) groups is 1. The Morgan fingerprint density at radius 1 is 1.16 bits per heavy atom. The van der Waals surface area contributed by atoms with Gasteiger partial charge >= 0.3 is 5.97 Å². The summed E-state index contributed by atoms with van der Waals surface area (Å²) in [5.41, 5.74) is 0.183. The molecule has 1 aliphatic heterocycles. The summed E-state index contributed by atoms with van der Waals surface area (Å²) in [7, 11) is 1.21. The van der Waals surface area contributed by atoms with Crippen molar-refractivity contribution in [2.24, 2.45) is 0 Å². The normalized spacial score (nSPS) is 14.9. The number of hydrogen-bond acceptors (Lipinski definition) is 9. The Hall–Kier alpha value is -4.12. The largest absolute Gasteiger partial charge is 0.463 e. The fraction of sp³-hybridized carbons (Fsp3) is 0.0952. The van der Waals surface area contributed by atoms with Crippen LogP contribution in [0.25, 0.3) is 17.4 Å². The van der Waals surface area contributed by atoms with Gasteiger partial charge in [-0.3, -0.25) is 24.6 Å². The summed E-state index contributed by atoms with van der Waals surface area (Å²) >= 11 is 0.724. The SMILES string of the molecule is COC(=O)c1ccc(CN2C(=O)S/C(=C\c3ccc(-c4ccccc4[N+](=O)[O-])o3)C2=O)o1. The fourth-order valence-corrected chi connectivity index (χ4v) is 3.83. The molecule has 1 aliphatic rings. The van der Waals surface area contributed by atoms with Crippen LogP contribution in [0.1, 0.15) is 22.1 Å². The van der Waals surface area contributed by atoms with E-state index in [4.69, 9.17) is 8.83 Å². The van der Waals surface area contributed by atoms with Crippen LogP contribution in [0.2, 0.25) is 0 Å². The van der Waals surface area contributed by atoms with Crippen LogP contribution in [-0.4, -0.2) is 34.0 Å². The number of para-hydroxylation sites is 1. The molecule has 0 unspecified atom stereocenters. The highest BCUT2D eigenvalue weighted by Crippen LogP contribution is 2.35. The lowest BCUT2D eigenvalue weighted by atomic mass is 10.1. The smallest absolute Gasteiger partial charge is 0.373 e. The van der Waals surface area contributed by atoms with Crippen molar-refractivity contribution in [2.75, 3.05) is 7.11 Å². The number of nitrogens with zero attached hydrogens (tertiary/aromatic N) is 2. The number of esters is 1. The van der Waals surface area contributed by atoms with Crippen molar-refractivity contribution in [1.29, 1.82) is 0 Å². The Morgan fingerprint density at radius 2 is 1.94 bits per heavy atom. The third-order valence-corrected chi connectivity index (χ3v) is 5.41. The van der Waals surface area contributed by atoms with Crippen LogP contribution in [0.4, 0.5) is 10.5 Å². The van der Waals surface area contributed by atoms with E-state index in [2.05, 4.69) is 4.74 Å². The first kappa shape index (κ1) is 21.1. The average molecular weight is 454 g/mol. The van der Waals surface area contributed by atoms with Gasteiger partial charge in [0.05, 0.1) is 29.0 Å². The molecule has 0 saturated carbocycles.